The third-order valence-corrected chi connectivity index (χ3v) is 8.46. The Morgan fingerprint density at radius 3 is 2.88 bits per heavy atom. The van der Waals surface area contributed by atoms with Gasteiger partial charge in [-0.1, -0.05) is 30.8 Å². The lowest BCUT2D eigenvalue weighted by Crippen LogP contribution is -2.35. The van der Waals surface area contributed by atoms with Crippen molar-refractivity contribution in [2.45, 2.75) is 45.2 Å². The van der Waals surface area contributed by atoms with Gasteiger partial charge in [0.1, 0.15) is 4.83 Å². The number of hydrogen-bond donors (Lipinski definition) is 1. The molecule has 1 aliphatic carbocycles. The van der Waals surface area contributed by atoms with Crippen LogP contribution >= 0.6 is 23.1 Å². The lowest BCUT2D eigenvalue weighted by molar-refractivity contribution is -0.124. The average molecular weight is 483 g/mol. The molecule has 1 N–H and O–H groups in total. The van der Waals surface area contributed by atoms with E-state index in [0.717, 1.165) is 51.9 Å². The number of carbonyl (C=O) groups excluding carboxylic acids is 2. The van der Waals surface area contributed by atoms with Crippen LogP contribution in [0.25, 0.3) is 15.9 Å². The zero-order valence-electron chi connectivity index (χ0n) is 18.9. The molecule has 0 radical (unpaired) electrons. The van der Waals surface area contributed by atoms with Gasteiger partial charge in [0, 0.05) is 18.0 Å². The molecule has 1 atom stereocenters. The number of aryl methyl sites for hydroxylation is 3. The third kappa shape index (κ3) is 3.97. The van der Waals surface area contributed by atoms with Crippen LogP contribution < -0.4 is 10.9 Å². The maximum atomic E-state index is 13.9. The van der Waals surface area contributed by atoms with Gasteiger partial charge in [0.2, 0.25) is 5.91 Å². The molecule has 1 aliphatic heterocycles. The Hall–Kier alpha value is -2.65. The van der Waals surface area contributed by atoms with Crippen LogP contribution in [0.1, 0.15) is 34.9 Å². The second-order valence-corrected chi connectivity index (χ2v) is 10.9. The molecule has 2 aliphatic rings. The number of thiophene rings is 1. The van der Waals surface area contributed by atoms with E-state index in [4.69, 9.17) is 4.98 Å². The summed E-state index contributed by atoms with van der Waals surface area (Å²) in [5.41, 5.74) is 3.87. The molecule has 5 rings (SSSR count). The summed E-state index contributed by atoms with van der Waals surface area (Å²) in [6, 6.07) is 5.65. The fraction of sp³-hybridized carbons (Fsp3) is 0.417. The Morgan fingerprint density at radius 2 is 2.12 bits per heavy atom. The quantitative estimate of drug-likeness (QED) is 0.451. The third-order valence-electron chi connectivity index (χ3n) is 6.39. The molecule has 3 amide bonds. The number of fused-ring (bicyclic) bond motifs is 3. The molecular weight excluding hydrogens is 456 g/mol. The van der Waals surface area contributed by atoms with Gasteiger partial charge < -0.3 is 5.32 Å². The van der Waals surface area contributed by atoms with Crippen LogP contribution in [0.3, 0.4) is 0 Å². The zero-order chi connectivity index (χ0) is 23.3. The van der Waals surface area contributed by atoms with Crippen LogP contribution in [0.5, 0.6) is 0 Å². The predicted molar refractivity (Wildman–Crippen MR) is 132 cm³/mol. The normalized spacial score (nSPS) is 18.0. The summed E-state index contributed by atoms with van der Waals surface area (Å²) >= 11 is 2.82. The molecular formula is C24H26N4O3S2. The van der Waals surface area contributed by atoms with Gasteiger partial charge in [0.05, 0.1) is 16.8 Å². The van der Waals surface area contributed by atoms with Crippen LogP contribution in [-0.4, -0.2) is 45.2 Å². The number of hydrogen-bond acceptors (Lipinski definition) is 6. The summed E-state index contributed by atoms with van der Waals surface area (Å²) in [5, 5.41) is 3.86. The highest BCUT2D eigenvalue weighted by Crippen LogP contribution is 2.37. The maximum absolute atomic E-state index is 13.9. The summed E-state index contributed by atoms with van der Waals surface area (Å²) in [5.74, 6) is 0.360. The Morgan fingerprint density at radius 1 is 1.30 bits per heavy atom. The van der Waals surface area contributed by atoms with Crippen molar-refractivity contribution < 1.29 is 9.59 Å². The molecule has 1 fully saturated rings. The molecule has 3 heterocycles. The molecule has 3 aromatic rings. The molecule has 0 spiro atoms. The van der Waals surface area contributed by atoms with E-state index >= 15 is 0 Å². The molecule has 1 unspecified atom stereocenters. The molecule has 1 aromatic carbocycles. The minimum absolute atomic E-state index is 0.0400. The van der Waals surface area contributed by atoms with Crippen molar-refractivity contribution in [2.75, 3.05) is 18.8 Å². The summed E-state index contributed by atoms with van der Waals surface area (Å²) in [7, 11) is 0. The first kappa shape index (κ1) is 22.2. The Balaban J connectivity index is 1.63. The molecule has 9 heteroatoms. The van der Waals surface area contributed by atoms with Crippen LogP contribution in [0.4, 0.5) is 4.79 Å². The van der Waals surface area contributed by atoms with Crippen molar-refractivity contribution in [2.24, 2.45) is 5.92 Å². The summed E-state index contributed by atoms with van der Waals surface area (Å²) < 4.78 is 1.66. The summed E-state index contributed by atoms with van der Waals surface area (Å²) in [4.78, 5) is 46.6. The maximum Gasteiger partial charge on any atom is 0.324 e. The lowest BCUT2D eigenvalue weighted by atomic mass is 9.89. The van der Waals surface area contributed by atoms with Crippen LogP contribution in [0, 0.1) is 19.8 Å². The number of nitrogens with one attached hydrogen (secondary N) is 1. The second kappa shape index (κ2) is 8.61. The molecule has 0 saturated carbocycles. The number of amides is 3. The van der Waals surface area contributed by atoms with E-state index in [9.17, 15) is 14.4 Å². The highest BCUT2D eigenvalue weighted by Gasteiger charge is 2.28. The number of imide groups is 1. The number of nitrogens with zero attached hydrogens (tertiary/aromatic N) is 3. The van der Waals surface area contributed by atoms with Crippen LogP contribution in [-0.2, 0) is 17.6 Å². The number of rotatable bonds is 4. The first-order valence-corrected chi connectivity index (χ1v) is 13.0. The smallest absolute Gasteiger partial charge is 0.324 e. The summed E-state index contributed by atoms with van der Waals surface area (Å²) in [6.07, 6.45) is 2.95. The minimum atomic E-state index is -0.365. The van der Waals surface area contributed by atoms with Gasteiger partial charge in [0.25, 0.3) is 5.56 Å². The molecule has 1 saturated heterocycles. The second-order valence-electron chi connectivity index (χ2n) is 8.92. The van der Waals surface area contributed by atoms with E-state index < -0.39 is 0 Å². The molecule has 172 valence electrons. The van der Waals surface area contributed by atoms with Gasteiger partial charge in [0.15, 0.2) is 5.16 Å². The molecule has 0 bridgehead atoms. The summed E-state index contributed by atoms with van der Waals surface area (Å²) in [6.45, 7) is 7.05. The number of carbonyl (C=O) groups is 2. The lowest BCUT2D eigenvalue weighted by Gasteiger charge is -2.18. The number of urea groups is 1. The number of benzene rings is 1. The van der Waals surface area contributed by atoms with E-state index in [-0.39, 0.29) is 23.3 Å². The fourth-order valence-corrected chi connectivity index (χ4v) is 6.86. The van der Waals surface area contributed by atoms with Gasteiger partial charge in [-0.15, -0.1) is 11.3 Å². The van der Waals surface area contributed by atoms with E-state index in [1.807, 2.05) is 32.0 Å². The predicted octanol–water partition coefficient (Wildman–Crippen LogP) is 3.83. The highest BCUT2D eigenvalue weighted by atomic mass is 32.2. The van der Waals surface area contributed by atoms with E-state index in [2.05, 4.69) is 12.2 Å². The first-order valence-electron chi connectivity index (χ1n) is 11.2. The fourth-order valence-electron chi connectivity index (χ4n) is 4.55. The monoisotopic (exact) mass is 482 g/mol. The molecule has 2 aromatic heterocycles. The van der Waals surface area contributed by atoms with Crippen molar-refractivity contribution in [3.63, 3.8) is 0 Å². The standard InChI is InChI=1S/C24H26N4O3S2/c1-13-4-6-15(3)17(10-13)28-22(30)20-16-7-5-14(2)11-18(16)33-21(20)26-24(28)32-12-19(29)27-9-8-25-23(27)31/h4,6,10,14H,5,7-9,11-12H2,1-3H3,(H,25,31). The number of aromatic nitrogens is 2. The van der Waals surface area contributed by atoms with Crippen molar-refractivity contribution >= 4 is 45.3 Å². The van der Waals surface area contributed by atoms with E-state index in [0.29, 0.717) is 24.2 Å². The van der Waals surface area contributed by atoms with Crippen molar-refractivity contribution in [3.8, 4) is 5.69 Å². The highest BCUT2D eigenvalue weighted by molar-refractivity contribution is 7.99. The van der Waals surface area contributed by atoms with Gasteiger partial charge >= 0.3 is 6.03 Å². The van der Waals surface area contributed by atoms with Crippen molar-refractivity contribution in [1.29, 1.82) is 0 Å². The first-order chi connectivity index (χ1) is 15.8. The Kier molecular flexibility index (Phi) is 5.78. The van der Waals surface area contributed by atoms with Crippen molar-refractivity contribution in [1.82, 2.24) is 19.8 Å². The number of thioether (sulfide) groups is 1. The van der Waals surface area contributed by atoms with Gasteiger partial charge in [-0.05, 0) is 61.8 Å². The average Bonchev–Trinajstić information content (AvgIpc) is 3.36. The molecule has 7 nitrogen and oxygen atoms in total. The van der Waals surface area contributed by atoms with Crippen molar-refractivity contribution in [3.05, 3.63) is 50.1 Å². The van der Waals surface area contributed by atoms with E-state index in [1.54, 1.807) is 15.9 Å². The van der Waals surface area contributed by atoms with E-state index in [1.165, 1.54) is 21.5 Å². The molecule has 33 heavy (non-hydrogen) atoms. The topological polar surface area (TPSA) is 84.3 Å². The van der Waals surface area contributed by atoms with Gasteiger partial charge in [-0.25, -0.2) is 9.78 Å². The van der Waals surface area contributed by atoms with Gasteiger partial charge in [-0.2, -0.15) is 0 Å². The Bertz CT molecular complexity index is 1340. The zero-order valence-corrected chi connectivity index (χ0v) is 20.6. The SMILES string of the molecule is Cc1ccc(C)c(-n2c(SCC(=O)N3CCNC3=O)nc3sc4c(c3c2=O)CCC(C)C4)c1. The largest absolute Gasteiger partial charge is 0.336 e. The van der Waals surface area contributed by atoms with Crippen LogP contribution in [0.2, 0.25) is 0 Å². The Labute approximate surface area is 200 Å². The van der Waals surface area contributed by atoms with Crippen LogP contribution in [0.15, 0.2) is 28.2 Å². The minimum Gasteiger partial charge on any atom is -0.336 e. The van der Waals surface area contributed by atoms with Gasteiger partial charge in [-0.3, -0.25) is 19.1 Å².